The smallest absolute Gasteiger partial charge is 0.243 e. The van der Waals surface area contributed by atoms with Gasteiger partial charge in [0.1, 0.15) is 5.52 Å². The highest BCUT2D eigenvalue weighted by Gasteiger charge is 2.17. The van der Waals surface area contributed by atoms with Crippen LogP contribution in [0.4, 0.5) is 11.8 Å². The van der Waals surface area contributed by atoms with E-state index in [1.165, 1.54) is 19.3 Å². The summed E-state index contributed by atoms with van der Waals surface area (Å²) in [6.07, 6.45) is 11.6. The minimum Gasteiger partial charge on any atom is -0.382 e. The number of nitrogens with two attached hydrogens (primary N) is 1. The topological polar surface area (TPSA) is 98.4 Å². The van der Waals surface area contributed by atoms with Gasteiger partial charge in [-0.2, -0.15) is 10.1 Å². The van der Waals surface area contributed by atoms with Gasteiger partial charge in [-0.3, -0.25) is 0 Å². The summed E-state index contributed by atoms with van der Waals surface area (Å²) in [5, 5.41) is 12.6. The van der Waals surface area contributed by atoms with Crippen molar-refractivity contribution in [1.82, 2.24) is 29.2 Å². The van der Waals surface area contributed by atoms with Crippen molar-refractivity contribution < 1.29 is 0 Å². The Morgan fingerprint density at radius 1 is 1.00 bits per heavy atom. The highest BCUT2D eigenvalue weighted by Crippen LogP contribution is 2.28. The largest absolute Gasteiger partial charge is 0.382 e. The third-order valence-electron chi connectivity index (χ3n) is 5.01. The molecule has 1 saturated carbocycles. The SMILES string of the molecule is Nc1nc(NC2CCCCC2)nn2ccc(-c3ccc4nccn4n3)c12. The summed E-state index contributed by atoms with van der Waals surface area (Å²) in [7, 11) is 0. The fourth-order valence-electron chi connectivity index (χ4n) is 3.71. The molecule has 0 amide bonds. The van der Waals surface area contributed by atoms with Crippen LogP contribution in [0.25, 0.3) is 22.4 Å². The van der Waals surface area contributed by atoms with Crippen LogP contribution in [0.3, 0.4) is 0 Å². The zero-order valence-corrected chi connectivity index (χ0v) is 14.3. The Morgan fingerprint density at radius 3 is 2.77 bits per heavy atom. The van der Waals surface area contributed by atoms with E-state index in [0.29, 0.717) is 17.8 Å². The number of anilines is 2. The first-order valence-electron chi connectivity index (χ1n) is 9.00. The molecule has 0 spiro atoms. The van der Waals surface area contributed by atoms with E-state index in [1.807, 2.05) is 30.6 Å². The quantitative estimate of drug-likeness (QED) is 0.591. The van der Waals surface area contributed by atoms with Crippen LogP contribution in [0, 0.1) is 0 Å². The number of fused-ring (bicyclic) bond motifs is 2. The zero-order chi connectivity index (χ0) is 17.5. The molecule has 26 heavy (non-hydrogen) atoms. The molecule has 3 N–H and O–H groups in total. The number of nitrogens with one attached hydrogen (secondary N) is 1. The average Bonchev–Trinajstić information content (AvgIpc) is 3.28. The summed E-state index contributed by atoms with van der Waals surface area (Å²) in [6, 6.07) is 6.27. The average molecular weight is 348 g/mol. The molecule has 8 nitrogen and oxygen atoms in total. The first-order chi connectivity index (χ1) is 12.8. The van der Waals surface area contributed by atoms with Gasteiger partial charge in [0.2, 0.25) is 5.95 Å². The van der Waals surface area contributed by atoms with Gasteiger partial charge in [0.15, 0.2) is 11.5 Å². The monoisotopic (exact) mass is 348 g/mol. The van der Waals surface area contributed by atoms with Gasteiger partial charge in [-0.1, -0.05) is 19.3 Å². The summed E-state index contributed by atoms with van der Waals surface area (Å²) in [5.74, 6) is 1.04. The van der Waals surface area contributed by atoms with Crippen LogP contribution in [0.5, 0.6) is 0 Å². The Hall–Kier alpha value is -3.16. The van der Waals surface area contributed by atoms with Crippen molar-refractivity contribution in [2.75, 3.05) is 11.1 Å². The predicted octanol–water partition coefficient (Wildman–Crippen LogP) is 2.77. The normalized spacial score (nSPS) is 15.7. The molecule has 4 aromatic rings. The Balaban J connectivity index is 1.53. The van der Waals surface area contributed by atoms with Crippen LogP contribution in [0.15, 0.2) is 36.8 Å². The van der Waals surface area contributed by atoms with E-state index in [2.05, 4.69) is 25.5 Å². The number of hydrogen-bond donors (Lipinski definition) is 2. The number of nitrogens with zero attached hydrogens (tertiary/aromatic N) is 6. The Bertz CT molecular complexity index is 1070. The summed E-state index contributed by atoms with van der Waals surface area (Å²) in [5.41, 5.74) is 9.57. The van der Waals surface area contributed by atoms with Gasteiger partial charge >= 0.3 is 0 Å². The van der Waals surface area contributed by atoms with E-state index in [4.69, 9.17) is 5.73 Å². The molecular weight excluding hydrogens is 328 g/mol. The molecule has 0 aromatic carbocycles. The third kappa shape index (κ3) is 2.54. The molecule has 0 unspecified atom stereocenters. The zero-order valence-electron chi connectivity index (χ0n) is 14.3. The number of nitrogen functional groups attached to an aromatic ring is 1. The van der Waals surface area contributed by atoms with E-state index in [1.54, 1.807) is 15.2 Å². The highest BCUT2D eigenvalue weighted by atomic mass is 15.3. The van der Waals surface area contributed by atoms with Gasteiger partial charge in [-0.25, -0.2) is 14.0 Å². The van der Waals surface area contributed by atoms with E-state index in [-0.39, 0.29) is 0 Å². The molecule has 1 aliphatic carbocycles. The van der Waals surface area contributed by atoms with E-state index < -0.39 is 0 Å². The lowest BCUT2D eigenvalue weighted by Crippen LogP contribution is -2.24. The highest BCUT2D eigenvalue weighted by molar-refractivity contribution is 5.86. The van der Waals surface area contributed by atoms with Gasteiger partial charge < -0.3 is 11.1 Å². The van der Waals surface area contributed by atoms with Crippen LogP contribution >= 0.6 is 0 Å². The van der Waals surface area contributed by atoms with E-state index in [0.717, 1.165) is 35.3 Å². The van der Waals surface area contributed by atoms with Gasteiger partial charge in [-0.05, 0) is 31.0 Å². The molecule has 0 aliphatic heterocycles. The predicted molar refractivity (Wildman–Crippen MR) is 99.9 cm³/mol. The first-order valence-corrected chi connectivity index (χ1v) is 9.00. The second-order valence-corrected chi connectivity index (χ2v) is 6.77. The summed E-state index contributed by atoms with van der Waals surface area (Å²) in [6.45, 7) is 0. The van der Waals surface area contributed by atoms with Crippen molar-refractivity contribution in [3.8, 4) is 11.3 Å². The van der Waals surface area contributed by atoms with Crippen molar-refractivity contribution in [3.63, 3.8) is 0 Å². The first kappa shape index (κ1) is 15.1. The van der Waals surface area contributed by atoms with Crippen LogP contribution < -0.4 is 11.1 Å². The van der Waals surface area contributed by atoms with Crippen LogP contribution in [0.1, 0.15) is 32.1 Å². The minimum absolute atomic E-state index is 0.431. The lowest BCUT2D eigenvalue weighted by atomic mass is 9.96. The molecular formula is C18H20N8. The minimum atomic E-state index is 0.431. The standard InChI is InChI=1S/C18H20N8/c19-17-16-13(14-6-7-15-20-9-11-25(15)23-14)8-10-26(16)24-18(22-17)21-12-4-2-1-3-5-12/h6-12H,1-5H2,(H3,19,21,22,24). The number of rotatable bonds is 3. The Labute approximate surface area is 150 Å². The maximum atomic E-state index is 6.28. The van der Waals surface area contributed by atoms with Crippen LogP contribution in [-0.4, -0.2) is 35.2 Å². The van der Waals surface area contributed by atoms with Crippen molar-refractivity contribution in [2.24, 2.45) is 0 Å². The molecule has 5 rings (SSSR count). The maximum Gasteiger partial charge on any atom is 0.243 e. The summed E-state index contributed by atoms with van der Waals surface area (Å²) >= 11 is 0. The molecule has 4 heterocycles. The van der Waals surface area contributed by atoms with Crippen molar-refractivity contribution in [1.29, 1.82) is 0 Å². The molecule has 0 bridgehead atoms. The lowest BCUT2D eigenvalue weighted by Gasteiger charge is -2.22. The van der Waals surface area contributed by atoms with Crippen molar-refractivity contribution >= 4 is 22.9 Å². The van der Waals surface area contributed by atoms with E-state index in [9.17, 15) is 0 Å². The molecule has 132 valence electrons. The molecule has 0 atom stereocenters. The molecule has 8 heteroatoms. The second kappa shape index (κ2) is 5.98. The fraction of sp³-hybridized carbons (Fsp3) is 0.333. The number of imidazole rings is 1. The van der Waals surface area contributed by atoms with Gasteiger partial charge in [0.25, 0.3) is 0 Å². The third-order valence-corrected chi connectivity index (χ3v) is 5.01. The fourth-order valence-corrected chi connectivity index (χ4v) is 3.71. The lowest BCUT2D eigenvalue weighted by molar-refractivity contribution is 0.460. The van der Waals surface area contributed by atoms with Crippen LogP contribution in [0.2, 0.25) is 0 Å². The van der Waals surface area contributed by atoms with Gasteiger partial charge in [-0.15, -0.1) is 5.10 Å². The second-order valence-electron chi connectivity index (χ2n) is 6.77. The van der Waals surface area contributed by atoms with E-state index >= 15 is 0 Å². The van der Waals surface area contributed by atoms with Gasteiger partial charge in [0.05, 0.1) is 5.69 Å². The van der Waals surface area contributed by atoms with Crippen molar-refractivity contribution in [3.05, 3.63) is 36.8 Å². The summed E-state index contributed by atoms with van der Waals surface area (Å²) in [4.78, 5) is 8.72. The summed E-state index contributed by atoms with van der Waals surface area (Å²) < 4.78 is 3.53. The molecule has 4 aromatic heterocycles. The Kier molecular flexibility index (Phi) is 3.48. The molecule has 1 aliphatic rings. The molecule has 0 radical (unpaired) electrons. The molecule has 0 saturated heterocycles. The van der Waals surface area contributed by atoms with Crippen molar-refractivity contribution in [2.45, 2.75) is 38.1 Å². The maximum absolute atomic E-state index is 6.28. The Morgan fingerprint density at radius 2 is 1.88 bits per heavy atom. The van der Waals surface area contributed by atoms with Crippen LogP contribution in [-0.2, 0) is 0 Å². The molecule has 1 fully saturated rings. The number of aromatic nitrogens is 6. The van der Waals surface area contributed by atoms with Gasteiger partial charge in [0, 0.05) is 30.2 Å². The number of hydrogen-bond acceptors (Lipinski definition) is 6.